The van der Waals surface area contributed by atoms with Crippen LogP contribution in [0.1, 0.15) is 6.42 Å². The van der Waals surface area contributed by atoms with Gasteiger partial charge >= 0.3 is 12.0 Å². The first kappa shape index (κ1) is 14.1. The van der Waals surface area contributed by atoms with E-state index in [1.807, 2.05) is 0 Å². The number of nitrogens with zero attached hydrogens (tertiary/aromatic N) is 1. The molecule has 7 nitrogen and oxygen atoms in total. The number of para-hydroxylation sites is 2. The second kappa shape index (κ2) is 5.38. The van der Waals surface area contributed by atoms with Gasteiger partial charge in [-0.05, 0) is 18.6 Å². The quantitative estimate of drug-likeness (QED) is 0.756. The standard InChI is InChI=1S/C13H17N3O4/c1-20-10-5-3-2-4-9(10)15-12(19)16-7-6-13(14,8-16)11(17)18/h2-5H,6-8,14H2,1H3,(H,15,19)(H,17,18). The summed E-state index contributed by atoms with van der Waals surface area (Å²) in [4.78, 5) is 24.5. The van der Waals surface area contributed by atoms with Crippen LogP contribution in [0.2, 0.25) is 0 Å². The highest BCUT2D eigenvalue weighted by molar-refractivity contribution is 5.92. The van der Waals surface area contributed by atoms with Crippen LogP contribution in [-0.2, 0) is 4.79 Å². The van der Waals surface area contributed by atoms with Crippen molar-refractivity contribution in [1.29, 1.82) is 0 Å². The second-order valence-corrected chi connectivity index (χ2v) is 4.76. The SMILES string of the molecule is COc1ccccc1NC(=O)N1CCC(N)(C(=O)O)C1. The first-order valence-electron chi connectivity index (χ1n) is 6.17. The van der Waals surface area contributed by atoms with E-state index in [2.05, 4.69) is 5.32 Å². The van der Waals surface area contributed by atoms with Crippen molar-refractivity contribution in [1.82, 2.24) is 4.90 Å². The van der Waals surface area contributed by atoms with Gasteiger partial charge in [0.2, 0.25) is 0 Å². The van der Waals surface area contributed by atoms with Gasteiger partial charge in [0.25, 0.3) is 0 Å². The summed E-state index contributed by atoms with van der Waals surface area (Å²) in [7, 11) is 1.51. The van der Waals surface area contributed by atoms with E-state index in [0.29, 0.717) is 18.0 Å². The molecule has 1 aromatic carbocycles. The third-order valence-electron chi connectivity index (χ3n) is 3.36. The van der Waals surface area contributed by atoms with E-state index in [4.69, 9.17) is 15.6 Å². The molecule has 4 N–H and O–H groups in total. The summed E-state index contributed by atoms with van der Waals surface area (Å²) in [6.45, 7) is 0.299. The molecule has 20 heavy (non-hydrogen) atoms. The van der Waals surface area contributed by atoms with Gasteiger partial charge in [-0.2, -0.15) is 0 Å². The van der Waals surface area contributed by atoms with Crippen molar-refractivity contribution in [3.63, 3.8) is 0 Å². The normalized spacial score (nSPS) is 21.6. The monoisotopic (exact) mass is 279 g/mol. The van der Waals surface area contributed by atoms with E-state index in [-0.39, 0.29) is 19.0 Å². The molecular formula is C13H17N3O4. The molecule has 1 heterocycles. The number of methoxy groups -OCH3 is 1. The number of hydrogen-bond acceptors (Lipinski definition) is 4. The van der Waals surface area contributed by atoms with Crippen LogP contribution in [0.4, 0.5) is 10.5 Å². The number of carbonyl (C=O) groups is 2. The Hall–Kier alpha value is -2.28. The van der Waals surface area contributed by atoms with Crippen LogP contribution in [0.15, 0.2) is 24.3 Å². The number of amides is 2. The lowest BCUT2D eigenvalue weighted by atomic mass is 10.0. The number of rotatable bonds is 3. The van der Waals surface area contributed by atoms with Gasteiger partial charge in [-0.25, -0.2) is 4.79 Å². The van der Waals surface area contributed by atoms with Gasteiger partial charge in [-0.15, -0.1) is 0 Å². The number of nitrogens with two attached hydrogens (primary N) is 1. The average Bonchev–Trinajstić information content (AvgIpc) is 2.83. The number of aliphatic carboxylic acids is 1. The second-order valence-electron chi connectivity index (χ2n) is 4.76. The number of likely N-dealkylation sites (tertiary alicyclic amines) is 1. The highest BCUT2D eigenvalue weighted by Gasteiger charge is 2.43. The van der Waals surface area contributed by atoms with Gasteiger partial charge in [0.15, 0.2) is 0 Å². The van der Waals surface area contributed by atoms with E-state index in [1.165, 1.54) is 12.0 Å². The van der Waals surface area contributed by atoms with Crippen molar-refractivity contribution in [3.8, 4) is 5.75 Å². The number of benzene rings is 1. The molecule has 0 spiro atoms. The summed E-state index contributed by atoms with van der Waals surface area (Å²) in [5.74, 6) is -0.553. The Morgan fingerprint density at radius 1 is 1.45 bits per heavy atom. The number of carboxylic acid groups (broad SMARTS) is 1. The fourth-order valence-corrected chi connectivity index (χ4v) is 2.12. The molecule has 0 aromatic heterocycles. The predicted octanol–water partition coefficient (Wildman–Crippen LogP) is 0.715. The Kier molecular flexibility index (Phi) is 3.80. The molecular weight excluding hydrogens is 262 g/mol. The molecule has 0 aliphatic carbocycles. The maximum Gasteiger partial charge on any atom is 0.325 e. The number of nitrogens with one attached hydrogen (secondary N) is 1. The van der Waals surface area contributed by atoms with Crippen molar-refractivity contribution in [2.75, 3.05) is 25.5 Å². The Morgan fingerprint density at radius 2 is 2.15 bits per heavy atom. The zero-order valence-corrected chi connectivity index (χ0v) is 11.1. The molecule has 1 saturated heterocycles. The summed E-state index contributed by atoms with van der Waals surface area (Å²) in [5.41, 5.74) is 4.90. The molecule has 1 aliphatic heterocycles. The molecule has 2 rings (SSSR count). The fourth-order valence-electron chi connectivity index (χ4n) is 2.12. The van der Waals surface area contributed by atoms with E-state index in [9.17, 15) is 9.59 Å². The third kappa shape index (κ3) is 2.67. The summed E-state index contributed by atoms with van der Waals surface area (Å²) in [6.07, 6.45) is 0.238. The number of ether oxygens (including phenoxy) is 1. The van der Waals surface area contributed by atoms with E-state index in [0.717, 1.165) is 0 Å². The van der Waals surface area contributed by atoms with Gasteiger partial charge in [0, 0.05) is 6.54 Å². The largest absolute Gasteiger partial charge is 0.495 e. The zero-order valence-electron chi connectivity index (χ0n) is 11.1. The minimum Gasteiger partial charge on any atom is -0.495 e. The van der Waals surface area contributed by atoms with Gasteiger partial charge in [-0.1, -0.05) is 12.1 Å². The van der Waals surface area contributed by atoms with Crippen LogP contribution >= 0.6 is 0 Å². The van der Waals surface area contributed by atoms with Crippen LogP contribution in [0.3, 0.4) is 0 Å². The fraction of sp³-hybridized carbons (Fsp3) is 0.385. The Labute approximate surface area is 116 Å². The Bertz CT molecular complexity index is 534. The number of anilines is 1. The molecule has 1 unspecified atom stereocenters. The lowest BCUT2D eigenvalue weighted by molar-refractivity contribution is -0.142. The van der Waals surface area contributed by atoms with Gasteiger partial charge in [-0.3, -0.25) is 4.79 Å². The molecule has 2 amide bonds. The lowest BCUT2D eigenvalue weighted by Crippen LogP contribution is -2.51. The highest BCUT2D eigenvalue weighted by atomic mass is 16.5. The van der Waals surface area contributed by atoms with Crippen molar-refractivity contribution in [3.05, 3.63) is 24.3 Å². The first-order chi connectivity index (χ1) is 9.46. The van der Waals surface area contributed by atoms with Crippen molar-refractivity contribution in [2.45, 2.75) is 12.0 Å². The molecule has 1 fully saturated rings. The number of carbonyl (C=O) groups excluding carboxylic acids is 1. The molecule has 1 atom stereocenters. The molecule has 0 radical (unpaired) electrons. The summed E-state index contributed by atoms with van der Waals surface area (Å²) in [6, 6.07) is 6.61. The zero-order chi connectivity index (χ0) is 14.8. The summed E-state index contributed by atoms with van der Waals surface area (Å²) in [5, 5.41) is 11.7. The molecule has 108 valence electrons. The first-order valence-corrected chi connectivity index (χ1v) is 6.17. The predicted molar refractivity (Wildman–Crippen MR) is 72.8 cm³/mol. The minimum absolute atomic E-state index is 0.0106. The molecule has 0 saturated carbocycles. The highest BCUT2D eigenvalue weighted by Crippen LogP contribution is 2.25. The van der Waals surface area contributed by atoms with Crippen LogP contribution in [-0.4, -0.2) is 47.7 Å². The van der Waals surface area contributed by atoms with Crippen molar-refractivity contribution < 1.29 is 19.4 Å². The molecule has 1 aromatic rings. The van der Waals surface area contributed by atoms with Crippen LogP contribution in [0.25, 0.3) is 0 Å². The van der Waals surface area contributed by atoms with Crippen molar-refractivity contribution >= 4 is 17.7 Å². The van der Waals surface area contributed by atoms with Gasteiger partial charge in [0.05, 0.1) is 19.3 Å². The van der Waals surface area contributed by atoms with Gasteiger partial charge in [0.1, 0.15) is 11.3 Å². The third-order valence-corrected chi connectivity index (χ3v) is 3.36. The topological polar surface area (TPSA) is 105 Å². The number of carboxylic acids is 1. The van der Waals surface area contributed by atoms with Gasteiger partial charge < -0.3 is 25.8 Å². The molecule has 1 aliphatic rings. The van der Waals surface area contributed by atoms with Crippen LogP contribution in [0.5, 0.6) is 5.75 Å². The Morgan fingerprint density at radius 3 is 2.75 bits per heavy atom. The van der Waals surface area contributed by atoms with Crippen molar-refractivity contribution in [2.24, 2.45) is 5.73 Å². The van der Waals surface area contributed by atoms with E-state index >= 15 is 0 Å². The number of urea groups is 1. The minimum atomic E-state index is -1.36. The summed E-state index contributed by atoms with van der Waals surface area (Å²) >= 11 is 0. The lowest BCUT2D eigenvalue weighted by Gasteiger charge is -2.21. The summed E-state index contributed by atoms with van der Waals surface area (Å²) < 4.78 is 5.14. The van der Waals surface area contributed by atoms with E-state index < -0.39 is 11.5 Å². The molecule has 7 heteroatoms. The average molecular weight is 279 g/mol. The smallest absolute Gasteiger partial charge is 0.325 e. The van der Waals surface area contributed by atoms with E-state index in [1.54, 1.807) is 24.3 Å². The van der Waals surface area contributed by atoms with Crippen LogP contribution < -0.4 is 15.8 Å². The number of hydrogen-bond donors (Lipinski definition) is 3. The van der Waals surface area contributed by atoms with Crippen LogP contribution in [0, 0.1) is 0 Å². The molecule has 0 bridgehead atoms. The maximum absolute atomic E-state index is 12.1. The Balaban J connectivity index is 2.05. The maximum atomic E-state index is 12.1.